The molecule has 2 aromatic heterocycles. The van der Waals surface area contributed by atoms with E-state index in [9.17, 15) is 0 Å². The molecule has 0 radical (unpaired) electrons. The van der Waals surface area contributed by atoms with E-state index in [1.807, 2.05) is 13.8 Å². The van der Waals surface area contributed by atoms with E-state index in [4.69, 9.17) is 10.2 Å². The average Bonchev–Trinajstić information content (AvgIpc) is 3.19. The summed E-state index contributed by atoms with van der Waals surface area (Å²) in [5, 5.41) is 4.47. The molecule has 1 aliphatic carbocycles. The van der Waals surface area contributed by atoms with Crippen LogP contribution in [0.4, 0.5) is 5.82 Å². The fourth-order valence-corrected chi connectivity index (χ4v) is 3.93. The summed E-state index contributed by atoms with van der Waals surface area (Å²) in [7, 11) is 0. The number of nitrogens with two attached hydrogens (primary N) is 1. The van der Waals surface area contributed by atoms with Crippen LogP contribution in [0.1, 0.15) is 47.9 Å². The van der Waals surface area contributed by atoms with Crippen molar-refractivity contribution in [1.29, 1.82) is 0 Å². The molecular weight excluding hydrogens is 312 g/mol. The van der Waals surface area contributed by atoms with E-state index in [1.165, 1.54) is 24.8 Å². The molecule has 2 atom stereocenters. The minimum absolute atomic E-state index is 0.447. The Kier molecular flexibility index (Phi) is 4.17. The van der Waals surface area contributed by atoms with Gasteiger partial charge in [-0.25, -0.2) is 4.98 Å². The van der Waals surface area contributed by atoms with Crippen molar-refractivity contribution in [3.05, 3.63) is 53.0 Å². The molecule has 25 heavy (non-hydrogen) atoms. The van der Waals surface area contributed by atoms with Crippen molar-refractivity contribution in [1.82, 2.24) is 15.3 Å². The van der Waals surface area contributed by atoms with Crippen molar-refractivity contribution in [2.24, 2.45) is 0 Å². The second-order valence-electron chi connectivity index (χ2n) is 6.92. The van der Waals surface area contributed by atoms with Gasteiger partial charge in [0.25, 0.3) is 0 Å². The predicted molar refractivity (Wildman–Crippen MR) is 99.4 cm³/mol. The molecule has 4 rings (SSSR count). The maximum Gasteiger partial charge on any atom is 0.231 e. The highest BCUT2D eigenvalue weighted by atomic mass is 16.3. The Morgan fingerprint density at radius 3 is 2.76 bits per heavy atom. The molecule has 3 aromatic rings. The molecule has 5 nitrogen and oxygen atoms in total. The Balaban J connectivity index is 1.52. The number of nitrogens with zero attached hydrogens (tertiary/aromatic N) is 2. The summed E-state index contributed by atoms with van der Waals surface area (Å²) >= 11 is 0. The molecule has 0 bridgehead atoms. The van der Waals surface area contributed by atoms with Crippen molar-refractivity contribution in [2.45, 2.75) is 51.6 Å². The van der Waals surface area contributed by atoms with Gasteiger partial charge in [0.05, 0.1) is 11.9 Å². The van der Waals surface area contributed by atoms with Gasteiger partial charge in [0, 0.05) is 11.6 Å². The van der Waals surface area contributed by atoms with Crippen LogP contribution in [0.5, 0.6) is 0 Å². The summed E-state index contributed by atoms with van der Waals surface area (Å²) in [5.74, 6) is 2.59. The highest BCUT2D eigenvalue weighted by Crippen LogP contribution is 2.34. The topological polar surface area (TPSA) is 77.0 Å². The summed E-state index contributed by atoms with van der Waals surface area (Å²) in [6, 6.07) is 11.2. The number of rotatable bonds is 4. The first kappa shape index (κ1) is 16.1. The van der Waals surface area contributed by atoms with Crippen LogP contribution >= 0.6 is 0 Å². The first-order valence-electron chi connectivity index (χ1n) is 8.94. The lowest BCUT2D eigenvalue weighted by molar-refractivity contribution is 0.469. The van der Waals surface area contributed by atoms with Gasteiger partial charge in [0.2, 0.25) is 5.71 Å². The molecule has 1 saturated carbocycles. The van der Waals surface area contributed by atoms with Crippen molar-refractivity contribution in [2.75, 3.05) is 5.73 Å². The number of hydrogen-bond acceptors (Lipinski definition) is 5. The average molecular weight is 336 g/mol. The number of benzene rings is 1. The summed E-state index contributed by atoms with van der Waals surface area (Å²) in [4.78, 5) is 9.03. The van der Waals surface area contributed by atoms with Crippen LogP contribution in [0.2, 0.25) is 0 Å². The normalized spacial score (nSPS) is 20.4. The second-order valence-corrected chi connectivity index (χ2v) is 6.92. The minimum Gasteiger partial charge on any atom is -0.443 e. The van der Waals surface area contributed by atoms with Crippen molar-refractivity contribution in [3.63, 3.8) is 0 Å². The number of nitrogen functional groups attached to an aromatic ring is 1. The lowest BCUT2D eigenvalue weighted by Crippen LogP contribution is -2.31. The van der Waals surface area contributed by atoms with Crippen LogP contribution in [0.25, 0.3) is 11.1 Å². The van der Waals surface area contributed by atoms with Gasteiger partial charge in [0.15, 0.2) is 0 Å². The summed E-state index contributed by atoms with van der Waals surface area (Å²) in [5.41, 5.74) is 9.15. The molecule has 2 heterocycles. The Bertz CT molecular complexity index is 888. The third-order valence-electron chi connectivity index (χ3n) is 5.37. The van der Waals surface area contributed by atoms with Crippen LogP contribution in [0, 0.1) is 13.8 Å². The zero-order valence-corrected chi connectivity index (χ0v) is 14.7. The fourth-order valence-electron chi connectivity index (χ4n) is 3.93. The van der Waals surface area contributed by atoms with Gasteiger partial charge in [-0.05, 0) is 38.2 Å². The van der Waals surface area contributed by atoms with Crippen LogP contribution in [-0.2, 0) is 6.54 Å². The monoisotopic (exact) mass is 336 g/mol. The summed E-state index contributed by atoms with van der Waals surface area (Å²) in [6.45, 7) is 4.52. The Hall–Kier alpha value is -2.40. The largest absolute Gasteiger partial charge is 0.443 e. The van der Waals surface area contributed by atoms with Crippen LogP contribution < -0.4 is 11.1 Å². The third-order valence-corrected chi connectivity index (χ3v) is 5.37. The molecule has 2 unspecified atom stereocenters. The van der Waals surface area contributed by atoms with Gasteiger partial charge in [-0.15, -0.1) is 0 Å². The Labute approximate surface area is 147 Å². The van der Waals surface area contributed by atoms with Gasteiger partial charge in [-0.1, -0.05) is 36.8 Å². The van der Waals surface area contributed by atoms with Crippen molar-refractivity contribution < 1.29 is 4.42 Å². The molecule has 0 spiro atoms. The van der Waals surface area contributed by atoms with E-state index >= 15 is 0 Å². The van der Waals surface area contributed by atoms with E-state index in [-0.39, 0.29) is 0 Å². The summed E-state index contributed by atoms with van der Waals surface area (Å²) < 4.78 is 5.72. The number of nitrogens with one attached hydrogen (secondary N) is 1. The van der Waals surface area contributed by atoms with Gasteiger partial charge >= 0.3 is 0 Å². The van der Waals surface area contributed by atoms with E-state index in [0.29, 0.717) is 35.9 Å². The van der Waals surface area contributed by atoms with E-state index in [2.05, 4.69) is 45.6 Å². The maximum absolute atomic E-state index is 6.13. The minimum atomic E-state index is 0.447. The molecule has 1 fully saturated rings. The van der Waals surface area contributed by atoms with E-state index in [0.717, 1.165) is 16.7 Å². The maximum atomic E-state index is 6.13. The van der Waals surface area contributed by atoms with E-state index < -0.39 is 0 Å². The molecular formula is C20H24N4O. The first-order chi connectivity index (χ1) is 12.1. The lowest BCUT2D eigenvalue weighted by atomic mass is 9.94. The van der Waals surface area contributed by atoms with Gasteiger partial charge in [-0.2, -0.15) is 4.98 Å². The molecule has 130 valence electrons. The zero-order chi connectivity index (χ0) is 17.4. The molecule has 0 amide bonds. The van der Waals surface area contributed by atoms with Crippen molar-refractivity contribution in [3.8, 4) is 0 Å². The standard InChI is InChI=1S/C20H24N4O/c1-12-13(2)25-20-18(12)19(21)23-17(24-20)11-22-16-10-6-9-15(16)14-7-4-3-5-8-14/h3-5,7-8,15-16,22H,6,9-11H2,1-2H3,(H2,21,23,24). The number of anilines is 1. The van der Waals surface area contributed by atoms with Crippen LogP contribution in [-0.4, -0.2) is 16.0 Å². The number of furan rings is 1. The number of aryl methyl sites for hydroxylation is 2. The van der Waals surface area contributed by atoms with Gasteiger partial charge < -0.3 is 15.5 Å². The molecule has 0 aliphatic heterocycles. The highest BCUT2D eigenvalue weighted by molar-refractivity contribution is 5.88. The first-order valence-corrected chi connectivity index (χ1v) is 8.94. The quantitative estimate of drug-likeness (QED) is 0.757. The van der Waals surface area contributed by atoms with Gasteiger partial charge in [-0.3, -0.25) is 0 Å². The SMILES string of the molecule is Cc1oc2nc(CNC3CCCC3c3ccccc3)nc(N)c2c1C. The van der Waals surface area contributed by atoms with Crippen LogP contribution in [0.15, 0.2) is 34.7 Å². The highest BCUT2D eigenvalue weighted by Gasteiger charge is 2.28. The zero-order valence-electron chi connectivity index (χ0n) is 14.7. The number of fused-ring (bicyclic) bond motifs is 1. The predicted octanol–water partition coefficient (Wildman–Crippen LogP) is 3.85. The Morgan fingerprint density at radius 1 is 1.16 bits per heavy atom. The molecule has 3 N–H and O–H groups in total. The molecule has 1 aromatic carbocycles. The third kappa shape index (κ3) is 3.00. The number of aromatic nitrogens is 2. The fraction of sp³-hybridized carbons (Fsp3) is 0.400. The van der Waals surface area contributed by atoms with Gasteiger partial charge in [0.1, 0.15) is 17.4 Å². The molecule has 5 heteroatoms. The van der Waals surface area contributed by atoms with E-state index in [1.54, 1.807) is 0 Å². The summed E-state index contributed by atoms with van der Waals surface area (Å²) in [6.07, 6.45) is 3.65. The smallest absolute Gasteiger partial charge is 0.231 e. The van der Waals surface area contributed by atoms with Crippen LogP contribution in [0.3, 0.4) is 0 Å². The Morgan fingerprint density at radius 2 is 1.96 bits per heavy atom. The molecule has 1 aliphatic rings. The second kappa shape index (κ2) is 6.48. The lowest BCUT2D eigenvalue weighted by Gasteiger charge is -2.21. The molecule has 0 saturated heterocycles. The van der Waals surface area contributed by atoms with Crippen molar-refractivity contribution >= 4 is 16.9 Å². The number of hydrogen-bond donors (Lipinski definition) is 2.